The van der Waals surface area contributed by atoms with E-state index in [1.807, 2.05) is 17.0 Å². The third kappa shape index (κ3) is 6.05. The molecule has 1 aliphatic rings. The second-order valence-corrected chi connectivity index (χ2v) is 7.55. The van der Waals surface area contributed by atoms with Gasteiger partial charge in [-0.15, -0.1) is 11.3 Å². The Hall–Kier alpha value is -2.42. The van der Waals surface area contributed by atoms with E-state index in [0.29, 0.717) is 17.1 Å². The Morgan fingerprint density at radius 1 is 1.07 bits per heavy atom. The third-order valence-corrected chi connectivity index (χ3v) is 5.56. The average Bonchev–Trinajstić information content (AvgIpc) is 3.10. The van der Waals surface area contributed by atoms with Gasteiger partial charge in [-0.1, -0.05) is 29.8 Å². The van der Waals surface area contributed by atoms with Crippen LogP contribution in [0.3, 0.4) is 0 Å². The van der Waals surface area contributed by atoms with Gasteiger partial charge >= 0.3 is 17.9 Å². The summed E-state index contributed by atoms with van der Waals surface area (Å²) in [7, 11) is 0. The fourth-order valence-corrected chi connectivity index (χ4v) is 4.02. The van der Waals surface area contributed by atoms with Gasteiger partial charge in [0.1, 0.15) is 6.04 Å². The zero-order valence-electron chi connectivity index (χ0n) is 14.9. The van der Waals surface area contributed by atoms with E-state index in [1.54, 1.807) is 23.5 Å². The summed E-state index contributed by atoms with van der Waals surface area (Å²) in [6, 6.07) is 8.58. The molecule has 0 unspecified atom stereocenters. The predicted octanol–water partition coefficient (Wildman–Crippen LogP) is 3.52. The lowest BCUT2D eigenvalue weighted by Gasteiger charge is -2.32. The Balaban J connectivity index is 0.000000300. The number of hydrogen-bond donors (Lipinski definition) is 3. The van der Waals surface area contributed by atoms with Crippen molar-refractivity contribution < 1.29 is 29.7 Å². The molecule has 0 amide bonds. The second kappa shape index (κ2) is 10.2. The van der Waals surface area contributed by atoms with E-state index < -0.39 is 23.9 Å². The minimum absolute atomic E-state index is 0.296. The molecule has 1 atom stereocenters. The minimum Gasteiger partial charge on any atom is -0.481 e. The lowest BCUT2D eigenvalue weighted by molar-refractivity contribution is -0.144. The molecule has 7 nitrogen and oxygen atoms in total. The maximum Gasteiger partial charge on any atom is 0.325 e. The van der Waals surface area contributed by atoms with E-state index in [1.165, 1.54) is 10.4 Å². The van der Waals surface area contributed by atoms with Crippen molar-refractivity contribution in [2.45, 2.75) is 31.8 Å². The maximum absolute atomic E-state index is 11.7. The molecule has 0 radical (unpaired) electrons. The Bertz CT molecular complexity index is 838. The molecule has 9 heteroatoms. The molecule has 28 heavy (non-hydrogen) atoms. The number of carbonyl (C=O) groups is 3. The van der Waals surface area contributed by atoms with Crippen LogP contribution in [0.25, 0.3) is 0 Å². The van der Waals surface area contributed by atoms with E-state index in [9.17, 15) is 19.5 Å². The first-order valence-corrected chi connectivity index (χ1v) is 9.75. The normalized spacial score (nSPS) is 14.3. The van der Waals surface area contributed by atoms with Crippen LogP contribution < -0.4 is 0 Å². The average molecular weight is 426 g/mol. The highest BCUT2D eigenvalue weighted by atomic mass is 35.5. The molecule has 0 fully saturated rings. The van der Waals surface area contributed by atoms with Gasteiger partial charge in [0.05, 0.1) is 12.8 Å². The van der Waals surface area contributed by atoms with Crippen molar-refractivity contribution in [3.05, 3.63) is 56.7 Å². The van der Waals surface area contributed by atoms with Gasteiger partial charge in [0.15, 0.2) is 0 Å². The zero-order valence-corrected chi connectivity index (χ0v) is 16.4. The van der Waals surface area contributed by atoms with Gasteiger partial charge in [0.2, 0.25) is 0 Å². The summed E-state index contributed by atoms with van der Waals surface area (Å²) in [5.74, 6) is -3.00. The molecule has 3 rings (SSSR count). The molecule has 150 valence electrons. The number of hydrogen-bond acceptors (Lipinski definition) is 5. The van der Waals surface area contributed by atoms with Gasteiger partial charge < -0.3 is 15.3 Å². The van der Waals surface area contributed by atoms with E-state index in [0.717, 1.165) is 13.0 Å². The standard InChI is InChI=1S/C15H14ClNO2S.C4H6O4/c16-12-4-2-1-3-11(12)14(15(18)19)17-7-5-13-10(9-17)6-8-20-13;5-3(6)1-2-4(7)8/h1-4,6,8,14H,5,7,9H2,(H,18,19);1-2H2,(H,5,6)(H,7,8)/t14-;/m0./s1. The molecule has 1 aromatic heterocycles. The highest BCUT2D eigenvalue weighted by Crippen LogP contribution is 2.33. The molecule has 1 aromatic carbocycles. The second-order valence-electron chi connectivity index (χ2n) is 6.14. The van der Waals surface area contributed by atoms with Crippen molar-refractivity contribution in [1.29, 1.82) is 0 Å². The van der Waals surface area contributed by atoms with Crippen molar-refractivity contribution in [2.75, 3.05) is 6.54 Å². The summed E-state index contributed by atoms with van der Waals surface area (Å²) in [6.07, 6.45) is 0.311. The van der Waals surface area contributed by atoms with Gasteiger partial charge in [0.25, 0.3) is 0 Å². The molecule has 0 saturated heterocycles. The molecule has 0 aliphatic carbocycles. The summed E-state index contributed by atoms with van der Waals surface area (Å²) in [5, 5.41) is 28.0. The Morgan fingerprint density at radius 2 is 1.71 bits per heavy atom. The van der Waals surface area contributed by atoms with Crippen molar-refractivity contribution in [2.24, 2.45) is 0 Å². The van der Waals surface area contributed by atoms with Crippen molar-refractivity contribution >= 4 is 40.8 Å². The van der Waals surface area contributed by atoms with E-state index in [4.69, 9.17) is 21.8 Å². The van der Waals surface area contributed by atoms with Crippen molar-refractivity contribution in [3.8, 4) is 0 Å². The number of carboxylic acid groups (broad SMARTS) is 3. The Kier molecular flexibility index (Phi) is 7.98. The highest BCUT2D eigenvalue weighted by molar-refractivity contribution is 7.10. The summed E-state index contributed by atoms with van der Waals surface area (Å²) in [4.78, 5) is 34.3. The first-order chi connectivity index (χ1) is 13.3. The molecule has 2 heterocycles. The van der Waals surface area contributed by atoms with Crippen LogP contribution in [0.1, 0.15) is 34.9 Å². The molecule has 0 spiro atoms. The largest absolute Gasteiger partial charge is 0.481 e. The monoisotopic (exact) mass is 425 g/mol. The van der Waals surface area contributed by atoms with E-state index in [2.05, 4.69) is 11.4 Å². The van der Waals surface area contributed by atoms with Crippen LogP contribution >= 0.6 is 22.9 Å². The van der Waals surface area contributed by atoms with Crippen LogP contribution in [0.2, 0.25) is 5.02 Å². The fraction of sp³-hybridized carbons (Fsp3) is 0.316. The maximum atomic E-state index is 11.7. The quantitative estimate of drug-likeness (QED) is 0.648. The lowest BCUT2D eigenvalue weighted by Crippen LogP contribution is -2.37. The summed E-state index contributed by atoms with van der Waals surface area (Å²) in [6.45, 7) is 1.41. The van der Waals surface area contributed by atoms with Crippen LogP contribution in [0.5, 0.6) is 0 Å². The van der Waals surface area contributed by atoms with Gasteiger partial charge in [-0.25, -0.2) is 0 Å². The van der Waals surface area contributed by atoms with Crippen LogP contribution in [0.15, 0.2) is 35.7 Å². The van der Waals surface area contributed by atoms with Gasteiger partial charge in [-0.05, 0) is 35.1 Å². The van der Waals surface area contributed by atoms with Crippen LogP contribution in [-0.4, -0.2) is 44.7 Å². The number of rotatable bonds is 6. The van der Waals surface area contributed by atoms with E-state index >= 15 is 0 Å². The SMILES string of the molecule is O=C(O)CCC(=O)O.O=C(O)[C@H](c1ccccc1Cl)N1CCc2sccc2C1. The summed E-state index contributed by atoms with van der Waals surface area (Å²) < 4.78 is 0. The number of aliphatic carboxylic acids is 3. The molecule has 3 N–H and O–H groups in total. The topological polar surface area (TPSA) is 115 Å². The first kappa shape index (κ1) is 21.9. The van der Waals surface area contributed by atoms with Gasteiger partial charge in [0, 0.05) is 23.0 Å². The predicted molar refractivity (Wildman–Crippen MR) is 105 cm³/mol. The number of nitrogens with zero attached hydrogens (tertiary/aromatic N) is 1. The minimum atomic E-state index is -1.08. The molecule has 2 aromatic rings. The molecular weight excluding hydrogens is 406 g/mol. The van der Waals surface area contributed by atoms with Crippen LogP contribution in [-0.2, 0) is 27.3 Å². The number of carboxylic acids is 3. The van der Waals surface area contributed by atoms with Crippen molar-refractivity contribution in [1.82, 2.24) is 4.90 Å². The lowest BCUT2D eigenvalue weighted by atomic mass is 10.0. The molecule has 0 saturated carbocycles. The highest BCUT2D eigenvalue weighted by Gasteiger charge is 2.31. The Morgan fingerprint density at radius 3 is 2.29 bits per heavy atom. The van der Waals surface area contributed by atoms with Crippen molar-refractivity contribution in [3.63, 3.8) is 0 Å². The van der Waals surface area contributed by atoms with Crippen LogP contribution in [0, 0.1) is 0 Å². The first-order valence-electron chi connectivity index (χ1n) is 8.49. The van der Waals surface area contributed by atoms with Crippen LogP contribution in [0.4, 0.5) is 0 Å². The summed E-state index contributed by atoms with van der Waals surface area (Å²) >= 11 is 7.92. The fourth-order valence-electron chi connectivity index (χ4n) is 2.89. The third-order valence-electron chi connectivity index (χ3n) is 4.19. The number of fused-ring (bicyclic) bond motifs is 1. The molecule has 1 aliphatic heterocycles. The molecular formula is C19H20ClNO6S. The zero-order chi connectivity index (χ0) is 20.7. The van der Waals surface area contributed by atoms with E-state index in [-0.39, 0.29) is 12.8 Å². The Labute approximate surface area is 170 Å². The molecule has 0 bridgehead atoms. The summed E-state index contributed by atoms with van der Waals surface area (Å²) in [5.41, 5.74) is 1.90. The number of thiophene rings is 1. The van der Waals surface area contributed by atoms with Gasteiger partial charge in [-0.3, -0.25) is 19.3 Å². The van der Waals surface area contributed by atoms with Gasteiger partial charge in [-0.2, -0.15) is 0 Å². The smallest absolute Gasteiger partial charge is 0.325 e. The number of halogens is 1. The number of benzene rings is 1.